The van der Waals surface area contributed by atoms with Crippen molar-refractivity contribution in [1.82, 2.24) is 0 Å². The van der Waals surface area contributed by atoms with Gasteiger partial charge in [-0.3, -0.25) is 4.79 Å². The summed E-state index contributed by atoms with van der Waals surface area (Å²) in [6.45, 7) is -0.338. The van der Waals surface area contributed by atoms with Gasteiger partial charge in [-0.05, 0) is 35.9 Å². The van der Waals surface area contributed by atoms with Crippen LogP contribution in [0.5, 0.6) is 5.75 Å². The monoisotopic (exact) mass is 429 g/mol. The Hall–Kier alpha value is -2.59. The van der Waals surface area contributed by atoms with E-state index in [1.165, 1.54) is 18.2 Å². The normalized spacial score (nSPS) is 14.3. The Balaban J connectivity index is 2.02. The SMILES string of the molecule is CS(=O)(=O)c1ccc(CN2CCOc3ccc(C(=O)CO)cc32)c(C(F)(F)F)c1. The van der Waals surface area contributed by atoms with E-state index in [4.69, 9.17) is 9.84 Å². The van der Waals surface area contributed by atoms with Gasteiger partial charge in [-0.25, -0.2) is 8.42 Å². The van der Waals surface area contributed by atoms with Gasteiger partial charge in [-0.15, -0.1) is 0 Å². The highest BCUT2D eigenvalue weighted by atomic mass is 32.2. The third-order valence-corrected chi connectivity index (χ3v) is 5.67. The number of ether oxygens (including phenoxy) is 1. The number of ketones is 1. The molecule has 0 aliphatic carbocycles. The lowest BCUT2D eigenvalue weighted by Gasteiger charge is -2.32. The van der Waals surface area contributed by atoms with E-state index in [1.54, 1.807) is 4.90 Å². The number of sulfone groups is 1. The molecule has 0 fully saturated rings. The van der Waals surface area contributed by atoms with Gasteiger partial charge in [0.05, 0.1) is 22.7 Å². The zero-order valence-electron chi connectivity index (χ0n) is 15.4. The molecule has 156 valence electrons. The molecular weight excluding hydrogens is 411 g/mol. The van der Waals surface area contributed by atoms with Gasteiger partial charge in [0.2, 0.25) is 0 Å². The first-order chi connectivity index (χ1) is 13.5. The van der Waals surface area contributed by atoms with Crippen LogP contribution in [0.3, 0.4) is 0 Å². The Morgan fingerprint density at radius 1 is 1.21 bits per heavy atom. The van der Waals surface area contributed by atoms with E-state index in [0.29, 0.717) is 17.5 Å². The molecule has 0 saturated heterocycles. The molecule has 0 atom stereocenters. The molecule has 2 aromatic rings. The number of carbonyl (C=O) groups excluding carboxylic acids is 1. The summed E-state index contributed by atoms with van der Waals surface area (Å²) in [6.07, 6.45) is -3.89. The van der Waals surface area contributed by atoms with Gasteiger partial charge < -0.3 is 14.7 Å². The van der Waals surface area contributed by atoms with E-state index in [9.17, 15) is 26.4 Å². The van der Waals surface area contributed by atoms with Crippen LogP contribution in [0.2, 0.25) is 0 Å². The van der Waals surface area contributed by atoms with E-state index in [2.05, 4.69) is 0 Å². The predicted octanol–water partition coefficient (Wildman–Crippen LogP) is 2.68. The fraction of sp³-hybridized carbons (Fsp3) is 0.316. The smallest absolute Gasteiger partial charge is 0.416 e. The summed E-state index contributed by atoms with van der Waals surface area (Å²) < 4.78 is 69.5. The second-order valence-corrected chi connectivity index (χ2v) is 8.64. The van der Waals surface area contributed by atoms with Crippen molar-refractivity contribution in [1.29, 1.82) is 0 Å². The average molecular weight is 429 g/mol. The van der Waals surface area contributed by atoms with E-state index in [1.807, 2.05) is 0 Å². The molecule has 1 aliphatic heterocycles. The van der Waals surface area contributed by atoms with Crippen LogP contribution >= 0.6 is 0 Å². The topological polar surface area (TPSA) is 83.9 Å². The van der Waals surface area contributed by atoms with E-state index in [0.717, 1.165) is 18.4 Å². The maximum absolute atomic E-state index is 13.6. The fourth-order valence-corrected chi connectivity index (χ4v) is 3.74. The number of alkyl halides is 3. The molecule has 0 unspecified atom stereocenters. The number of fused-ring (bicyclic) bond motifs is 1. The number of nitrogens with zero attached hydrogens (tertiary/aromatic N) is 1. The fourth-order valence-electron chi connectivity index (χ4n) is 3.10. The van der Waals surface area contributed by atoms with Crippen LogP contribution in [-0.2, 0) is 22.6 Å². The number of carbonyl (C=O) groups is 1. The minimum absolute atomic E-state index is 0.100. The first-order valence-electron chi connectivity index (χ1n) is 8.57. The maximum Gasteiger partial charge on any atom is 0.416 e. The van der Waals surface area contributed by atoms with Gasteiger partial charge >= 0.3 is 6.18 Å². The molecule has 1 heterocycles. The van der Waals surface area contributed by atoms with Crippen LogP contribution in [0, 0.1) is 0 Å². The third kappa shape index (κ3) is 4.54. The summed E-state index contributed by atoms with van der Waals surface area (Å²) in [7, 11) is -3.80. The van der Waals surface area contributed by atoms with Crippen molar-refractivity contribution >= 4 is 21.3 Å². The summed E-state index contributed by atoms with van der Waals surface area (Å²) in [4.78, 5) is 13.0. The Bertz CT molecular complexity index is 1050. The molecule has 29 heavy (non-hydrogen) atoms. The summed E-state index contributed by atoms with van der Waals surface area (Å²) in [5.41, 5.74) is -0.492. The second kappa shape index (κ2) is 7.68. The number of Topliss-reactive ketones (excluding diaryl/α,β-unsaturated/α-hetero) is 1. The van der Waals surface area contributed by atoms with E-state index >= 15 is 0 Å². The van der Waals surface area contributed by atoms with Gasteiger partial charge in [-0.1, -0.05) is 6.07 Å². The number of rotatable bonds is 5. The Labute approximate surface area is 165 Å². The first-order valence-corrected chi connectivity index (χ1v) is 10.5. The molecule has 2 aromatic carbocycles. The van der Waals surface area contributed by atoms with Crippen molar-refractivity contribution in [2.45, 2.75) is 17.6 Å². The van der Waals surface area contributed by atoms with E-state index < -0.39 is 38.9 Å². The highest BCUT2D eigenvalue weighted by Crippen LogP contribution is 2.37. The standard InChI is InChI=1S/C19H18F3NO5S/c1-29(26,27)14-4-2-13(15(9-14)19(20,21)22)10-23-6-7-28-18-5-3-12(8-16(18)23)17(25)11-24/h2-5,8-9,24H,6-7,10-11H2,1H3. The summed E-state index contributed by atoms with van der Waals surface area (Å²) >= 11 is 0. The largest absolute Gasteiger partial charge is 0.490 e. The second-order valence-electron chi connectivity index (χ2n) is 6.62. The molecule has 0 radical (unpaired) electrons. The van der Waals surface area contributed by atoms with Gasteiger partial charge in [-0.2, -0.15) is 13.2 Å². The zero-order valence-corrected chi connectivity index (χ0v) is 16.2. The van der Waals surface area contributed by atoms with Crippen molar-refractivity contribution in [3.8, 4) is 5.75 Å². The maximum atomic E-state index is 13.6. The van der Waals surface area contributed by atoms with Crippen molar-refractivity contribution in [3.05, 3.63) is 53.1 Å². The van der Waals surface area contributed by atoms with Crippen LogP contribution in [0.1, 0.15) is 21.5 Å². The van der Waals surface area contributed by atoms with Crippen molar-refractivity contribution in [2.24, 2.45) is 0 Å². The molecule has 0 saturated carbocycles. The van der Waals surface area contributed by atoms with Gasteiger partial charge in [0.25, 0.3) is 0 Å². The summed E-state index contributed by atoms with van der Waals surface area (Å²) in [5, 5.41) is 9.04. The molecule has 1 aliphatic rings. The Morgan fingerprint density at radius 2 is 1.93 bits per heavy atom. The lowest BCUT2D eigenvalue weighted by Crippen LogP contribution is -2.33. The van der Waals surface area contributed by atoms with Crippen LogP contribution < -0.4 is 9.64 Å². The molecule has 3 rings (SSSR count). The lowest BCUT2D eigenvalue weighted by molar-refractivity contribution is -0.138. The van der Waals surface area contributed by atoms with Crippen LogP contribution in [0.4, 0.5) is 18.9 Å². The van der Waals surface area contributed by atoms with Gasteiger partial charge in [0.15, 0.2) is 15.6 Å². The van der Waals surface area contributed by atoms with Crippen molar-refractivity contribution in [3.63, 3.8) is 0 Å². The highest BCUT2D eigenvalue weighted by Gasteiger charge is 2.35. The van der Waals surface area contributed by atoms with E-state index in [-0.39, 0.29) is 30.8 Å². The molecule has 0 bridgehead atoms. The Morgan fingerprint density at radius 3 is 2.55 bits per heavy atom. The molecule has 0 spiro atoms. The van der Waals surface area contributed by atoms with Crippen LogP contribution in [0.15, 0.2) is 41.3 Å². The number of hydrogen-bond donors (Lipinski definition) is 1. The molecule has 6 nitrogen and oxygen atoms in total. The quantitative estimate of drug-likeness (QED) is 0.736. The van der Waals surface area contributed by atoms with Gasteiger partial charge in [0, 0.05) is 18.4 Å². The number of halogens is 3. The summed E-state index contributed by atoms with van der Waals surface area (Å²) in [5.74, 6) is -0.112. The number of aliphatic hydroxyl groups excluding tert-OH is 1. The first kappa shape index (κ1) is 21.1. The third-order valence-electron chi connectivity index (χ3n) is 4.56. The predicted molar refractivity (Wildman–Crippen MR) is 99.0 cm³/mol. The molecule has 0 amide bonds. The van der Waals surface area contributed by atoms with Crippen molar-refractivity contribution in [2.75, 3.05) is 30.9 Å². The number of aliphatic hydroxyl groups is 1. The number of anilines is 1. The molecule has 1 N–H and O–H groups in total. The minimum Gasteiger partial charge on any atom is -0.490 e. The van der Waals surface area contributed by atoms with Crippen LogP contribution in [0.25, 0.3) is 0 Å². The molecule has 10 heteroatoms. The Kier molecular flexibility index (Phi) is 5.59. The number of hydrogen-bond acceptors (Lipinski definition) is 6. The lowest BCUT2D eigenvalue weighted by atomic mass is 10.0. The molecular formula is C19H18F3NO5S. The van der Waals surface area contributed by atoms with Crippen molar-refractivity contribution < 1.29 is 36.2 Å². The molecule has 0 aromatic heterocycles. The summed E-state index contributed by atoms with van der Waals surface area (Å²) in [6, 6.07) is 7.40. The van der Waals surface area contributed by atoms with Gasteiger partial charge in [0.1, 0.15) is 19.0 Å². The zero-order chi connectivity index (χ0) is 21.4. The highest BCUT2D eigenvalue weighted by molar-refractivity contribution is 7.90. The minimum atomic E-state index is -4.74. The number of benzene rings is 2. The van der Waals surface area contributed by atoms with Crippen LogP contribution in [-0.4, -0.2) is 45.3 Å². The average Bonchev–Trinajstić information content (AvgIpc) is 2.66.